The number of nitrogens with zero attached hydrogens (tertiary/aromatic N) is 1. The summed E-state index contributed by atoms with van der Waals surface area (Å²) in [6, 6.07) is 9.11. The first-order valence-corrected chi connectivity index (χ1v) is 6.55. The molecule has 0 saturated carbocycles. The Bertz CT molecular complexity index is 530. The average Bonchev–Trinajstić information content (AvgIpc) is 2.76. The van der Waals surface area contributed by atoms with Crippen LogP contribution in [0.15, 0.2) is 35.7 Å². The van der Waals surface area contributed by atoms with Gasteiger partial charge in [-0.1, -0.05) is 41.9 Å². The number of hydrogen-bond acceptors (Lipinski definition) is 4. The molecule has 0 spiro atoms. The number of halogens is 1. The molecule has 0 radical (unpaired) electrons. The monoisotopic (exact) mass is 282 g/mol. The minimum absolute atomic E-state index is 0.281. The van der Waals surface area contributed by atoms with Crippen molar-refractivity contribution in [2.75, 3.05) is 11.9 Å². The third kappa shape index (κ3) is 3.21. The molecule has 1 unspecified atom stereocenters. The first-order valence-electron chi connectivity index (χ1n) is 5.29. The van der Waals surface area contributed by atoms with E-state index < -0.39 is 11.9 Å². The molecule has 1 aromatic carbocycles. The van der Waals surface area contributed by atoms with Gasteiger partial charge in [0.15, 0.2) is 5.13 Å². The van der Waals surface area contributed by atoms with Crippen LogP contribution in [-0.4, -0.2) is 22.6 Å². The Hall–Kier alpha value is -1.59. The Morgan fingerprint density at radius 1 is 1.44 bits per heavy atom. The predicted octanol–water partition coefficient (Wildman–Crippen LogP) is 3.08. The Labute approximate surface area is 113 Å². The Kier molecular flexibility index (Phi) is 4.17. The van der Waals surface area contributed by atoms with Crippen molar-refractivity contribution in [3.05, 3.63) is 46.4 Å². The lowest BCUT2D eigenvalue weighted by Gasteiger charge is -2.12. The minimum atomic E-state index is -0.864. The van der Waals surface area contributed by atoms with Crippen LogP contribution < -0.4 is 5.32 Å². The van der Waals surface area contributed by atoms with E-state index in [2.05, 4.69) is 10.3 Å². The summed E-state index contributed by atoms with van der Waals surface area (Å²) in [5, 5.41) is 14.9. The number of carboxylic acids is 1. The van der Waals surface area contributed by atoms with Gasteiger partial charge in [-0.3, -0.25) is 4.79 Å². The number of aromatic nitrogens is 1. The largest absolute Gasteiger partial charge is 0.481 e. The molecular formula is C12H11ClN2O2S. The first kappa shape index (κ1) is 12.9. The maximum atomic E-state index is 11.2. The van der Waals surface area contributed by atoms with Crippen LogP contribution in [0.25, 0.3) is 0 Å². The van der Waals surface area contributed by atoms with Crippen molar-refractivity contribution >= 4 is 34.0 Å². The number of carbonyl (C=O) groups is 1. The highest BCUT2D eigenvalue weighted by molar-refractivity contribution is 7.14. The maximum Gasteiger partial charge on any atom is 0.312 e. The quantitative estimate of drug-likeness (QED) is 0.885. The topological polar surface area (TPSA) is 62.2 Å². The number of rotatable bonds is 5. The summed E-state index contributed by atoms with van der Waals surface area (Å²) < 4.78 is 0. The Morgan fingerprint density at radius 2 is 2.17 bits per heavy atom. The van der Waals surface area contributed by atoms with Gasteiger partial charge in [0.2, 0.25) is 0 Å². The van der Waals surface area contributed by atoms with Crippen molar-refractivity contribution < 1.29 is 9.90 Å². The highest BCUT2D eigenvalue weighted by atomic mass is 35.5. The van der Waals surface area contributed by atoms with E-state index in [-0.39, 0.29) is 6.54 Å². The van der Waals surface area contributed by atoms with Gasteiger partial charge in [-0.05, 0) is 5.56 Å². The highest BCUT2D eigenvalue weighted by Crippen LogP contribution is 2.21. The van der Waals surface area contributed by atoms with Crippen molar-refractivity contribution in [2.24, 2.45) is 0 Å². The second-order valence-electron chi connectivity index (χ2n) is 3.66. The lowest BCUT2D eigenvalue weighted by molar-refractivity contribution is -0.138. The van der Waals surface area contributed by atoms with Gasteiger partial charge >= 0.3 is 5.97 Å². The smallest absolute Gasteiger partial charge is 0.312 e. The number of benzene rings is 1. The lowest BCUT2D eigenvalue weighted by Crippen LogP contribution is -2.20. The summed E-state index contributed by atoms with van der Waals surface area (Å²) in [5.74, 6) is -1.47. The standard InChI is InChI=1S/C12H11ClN2O2S/c13-10-7-18-12(15-10)14-6-9(11(16)17)8-4-2-1-3-5-8/h1-5,7,9H,6H2,(H,14,15)(H,16,17). The molecule has 2 aromatic rings. The normalized spacial score (nSPS) is 12.1. The molecule has 0 bridgehead atoms. The van der Waals surface area contributed by atoms with Crippen LogP contribution in [0.1, 0.15) is 11.5 Å². The Morgan fingerprint density at radius 3 is 2.72 bits per heavy atom. The molecule has 1 heterocycles. The van der Waals surface area contributed by atoms with Gasteiger partial charge in [-0.25, -0.2) is 4.98 Å². The summed E-state index contributed by atoms with van der Waals surface area (Å²) >= 11 is 7.05. The van der Waals surface area contributed by atoms with Gasteiger partial charge in [0, 0.05) is 11.9 Å². The van der Waals surface area contributed by atoms with E-state index in [0.717, 1.165) is 5.56 Å². The Balaban J connectivity index is 2.06. The SMILES string of the molecule is O=C(O)C(CNc1nc(Cl)cs1)c1ccccc1. The molecule has 0 saturated heterocycles. The van der Waals surface area contributed by atoms with Crippen molar-refractivity contribution in [3.8, 4) is 0 Å². The van der Waals surface area contributed by atoms with Crippen LogP contribution in [0, 0.1) is 0 Å². The van der Waals surface area contributed by atoms with Crippen LogP contribution in [0.3, 0.4) is 0 Å². The molecule has 4 nitrogen and oxygen atoms in total. The summed E-state index contributed by atoms with van der Waals surface area (Å²) in [6.07, 6.45) is 0. The zero-order chi connectivity index (χ0) is 13.0. The van der Waals surface area contributed by atoms with E-state index in [4.69, 9.17) is 11.6 Å². The van der Waals surface area contributed by atoms with E-state index >= 15 is 0 Å². The van der Waals surface area contributed by atoms with Crippen LogP contribution >= 0.6 is 22.9 Å². The van der Waals surface area contributed by atoms with Crippen LogP contribution in [0.4, 0.5) is 5.13 Å². The fourth-order valence-electron chi connectivity index (χ4n) is 1.56. The molecule has 0 aliphatic carbocycles. The van der Waals surface area contributed by atoms with Gasteiger partial charge in [-0.2, -0.15) is 0 Å². The first-order chi connectivity index (χ1) is 8.66. The number of hydrogen-bond donors (Lipinski definition) is 2. The second-order valence-corrected chi connectivity index (χ2v) is 4.90. The zero-order valence-electron chi connectivity index (χ0n) is 9.34. The van der Waals surface area contributed by atoms with Gasteiger partial charge in [-0.15, -0.1) is 11.3 Å². The van der Waals surface area contributed by atoms with E-state index in [9.17, 15) is 9.90 Å². The number of thiazole rings is 1. The number of nitrogens with one attached hydrogen (secondary N) is 1. The maximum absolute atomic E-state index is 11.2. The number of carboxylic acid groups (broad SMARTS) is 1. The van der Waals surface area contributed by atoms with Gasteiger partial charge in [0.1, 0.15) is 5.15 Å². The average molecular weight is 283 g/mol. The fraction of sp³-hybridized carbons (Fsp3) is 0.167. The second kappa shape index (κ2) is 5.84. The van der Waals surface area contributed by atoms with E-state index in [0.29, 0.717) is 10.3 Å². The van der Waals surface area contributed by atoms with E-state index in [1.165, 1.54) is 11.3 Å². The molecule has 18 heavy (non-hydrogen) atoms. The molecule has 2 rings (SSSR count). The predicted molar refractivity (Wildman–Crippen MR) is 72.4 cm³/mol. The van der Waals surface area contributed by atoms with Crippen LogP contribution in [-0.2, 0) is 4.79 Å². The summed E-state index contributed by atoms with van der Waals surface area (Å²) in [6.45, 7) is 0.281. The van der Waals surface area contributed by atoms with E-state index in [1.807, 2.05) is 18.2 Å². The fourth-order valence-corrected chi connectivity index (χ4v) is 2.41. The van der Waals surface area contributed by atoms with Gasteiger partial charge < -0.3 is 10.4 Å². The summed E-state index contributed by atoms with van der Waals surface area (Å²) in [5.41, 5.74) is 0.764. The van der Waals surface area contributed by atoms with Crippen molar-refractivity contribution in [1.82, 2.24) is 4.98 Å². The zero-order valence-corrected chi connectivity index (χ0v) is 10.9. The number of anilines is 1. The molecule has 1 aromatic heterocycles. The van der Waals surface area contributed by atoms with Crippen molar-refractivity contribution in [1.29, 1.82) is 0 Å². The molecular weight excluding hydrogens is 272 g/mol. The molecule has 0 aliphatic heterocycles. The highest BCUT2D eigenvalue weighted by Gasteiger charge is 2.19. The van der Waals surface area contributed by atoms with Gasteiger partial charge in [0.05, 0.1) is 5.92 Å². The molecule has 2 N–H and O–H groups in total. The minimum Gasteiger partial charge on any atom is -0.481 e. The summed E-state index contributed by atoms with van der Waals surface area (Å²) in [7, 11) is 0. The van der Waals surface area contributed by atoms with Crippen LogP contribution in [0.5, 0.6) is 0 Å². The summed E-state index contributed by atoms with van der Waals surface area (Å²) in [4.78, 5) is 15.3. The van der Waals surface area contributed by atoms with Crippen molar-refractivity contribution in [2.45, 2.75) is 5.92 Å². The third-order valence-corrected chi connectivity index (χ3v) is 3.56. The molecule has 0 fully saturated rings. The molecule has 0 aliphatic rings. The third-order valence-electron chi connectivity index (χ3n) is 2.43. The van der Waals surface area contributed by atoms with Crippen LogP contribution in [0.2, 0.25) is 5.15 Å². The lowest BCUT2D eigenvalue weighted by atomic mass is 9.99. The molecule has 0 amide bonds. The number of aliphatic carboxylic acids is 1. The van der Waals surface area contributed by atoms with Crippen molar-refractivity contribution in [3.63, 3.8) is 0 Å². The molecule has 6 heteroatoms. The molecule has 1 atom stereocenters. The molecule has 94 valence electrons. The van der Waals surface area contributed by atoms with E-state index in [1.54, 1.807) is 17.5 Å². The van der Waals surface area contributed by atoms with Gasteiger partial charge in [0.25, 0.3) is 0 Å².